The van der Waals surface area contributed by atoms with Crippen molar-refractivity contribution >= 4 is 5.82 Å². The minimum absolute atomic E-state index is 0.463. The van der Waals surface area contributed by atoms with Crippen LogP contribution in [0.25, 0.3) is 0 Å². The van der Waals surface area contributed by atoms with E-state index in [1.54, 1.807) is 7.11 Å². The van der Waals surface area contributed by atoms with Crippen molar-refractivity contribution in [1.82, 2.24) is 14.9 Å². The second-order valence-corrected chi connectivity index (χ2v) is 6.52. The summed E-state index contributed by atoms with van der Waals surface area (Å²) >= 11 is 0. The van der Waals surface area contributed by atoms with Gasteiger partial charge in [0.25, 0.3) is 0 Å². The zero-order valence-electron chi connectivity index (χ0n) is 14.5. The number of methoxy groups -OCH3 is 1. The summed E-state index contributed by atoms with van der Waals surface area (Å²) < 4.78 is 5.32. The van der Waals surface area contributed by atoms with Crippen LogP contribution in [0.1, 0.15) is 31.0 Å². The Morgan fingerprint density at radius 3 is 2.83 bits per heavy atom. The zero-order valence-corrected chi connectivity index (χ0v) is 14.5. The fourth-order valence-electron chi connectivity index (χ4n) is 3.50. The average Bonchev–Trinajstić information content (AvgIpc) is 2.76. The van der Waals surface area contributed by atoms with Crippen LogP contribution in [0.5, 0.6) is 6.01 Å². The molecule has 0 fully saturated rings. The predicted octanol–water partition coefficient (Wildman–Crippen LogP) is 2.57. The lowest BCUT2D eigenvalue weighted by molar-refractivity contribution is 0.211. The molecule has 124 valence electrons. The number of anilines is 1. The lowest BCUT2D eigenvalue weighted by Gasteiger charge is -2.32. The summed E-state index contributed by atoms with van der Waals surface area (Å²) in [6.45, 7) is 4.18. The molecule has 1 aliphatic heterocycles. The van der Waals surface area contributed by atoms with Crippen molar-refractivity contribution in [3.8, 4) is 6.01 Å². The van der Waals surface area contributed by atoms with E-state index in [4.69, 9.17) is 4.74 Å². The van der Waals surface area contributed by atoms with E-state index in [0.717, 1.165) is 43.9 Å². The minimum atomic E-state index is 0.463. The van der Waals surface area contributed by atoms with Crippen LogP contribution in [0, 0.1) is 0 Å². The fourth-order valence-corrected chi connectivity index (χ4v) is 3.50. The predicted molar refractivity (Wildman–Crippen MR) is 92.9 cm³/mol. The van der Waals surface area contributed by atoms with Gasteiger partial charge in [0.15, 0.2) is 0 Å². The SMILES string of the molecule is COc1nc2c(c(N(C)C)n1)CCCN(C1CC=CC=C1C)C2. The molecule has 0 amide bonds. The maximum absolute atomic E-state index is 5.32. The Morgan fingerprint density at radius 2 is 2.13 bits per heavy atom. The van der Waals surface area contributed by atoms with Crippen LogP contribution in [-0.4, -0.2) is 48.7 Å². The van der Waals surface area contributed by atoms with Crippen molar-refractivity contribution in [3.63, 3.8) is 0 Å². The van der Waals surface area contributed by atoms with E-state index in [1.807, 2.05) is 14.1 Å². The summed E-state index contributed by atoms with van der Waals surface area (Å²) in [5.41, 5.74) is 3.82. The van der Waals surface area contributed by atoms with Crippen molar-refractivity contribution in [2.45, 2.75) is 38.8 Å². The molecule has 0 aromatic carbocycles. The van der Waals surface area contributed by atoms with Gasteiger partial charge in [-0.2, -0.15) is 9.97 Å². The highest BCUT2D eigenvalue weighted by Gasteiger charge is 2.26. The maximum Gasteiger partial charge on any atom is 0.318 e. The van der Waals surface area contributed by atoms with Crippen LogP contribution < -0.4 is 9.64 Å². The number of rotatable bonds is 3. The van der Waals surface area contributed by atoms with Crippen LogP contribution in [0.15, 0.2) is 23.8 Å². The molecule has 5 nitrogen and oxygen atoms in total. The van der Waals surface area contributed by atoms with Gasteiger partial charge in [0.05, 0.1) is 12.8 Å². The first-order chi connectivity index (χ1) is 11.1. The Balaban J connectivity index is 1.95. The summed E-state index contributed by atoms with van der Waals surface area (Å²) in [6.07, 6.45) is 9.89. The molecule has 2 aliphatic rings. The van der Waals surface area contributed by atoms with Gasteiger partial charge in [-0.1, -0.05) is 23.8 Å². The van der Waals surface area contributed by atoms with E-state index >= 15 is 0 Å². The molecule has 0 spiro atoms. The molecule has 1 aromatic rings. The van der Waals surface area contributed by atoms with Crippen molar-refractivity contribution in [2.24, 2.45) is 0 Å². The second kappa shape index (κ2) is 6.71. The maximum atomic E-state index is 5.32. The van der Waals surface area contributed by atoms with E-state index in [9.17, 15) is 0 Å². The third-order valence-electron chi connectivity index (χ3n) is 4.70. The Morgan fingerprint density at radius 1 is 1.30 bits per heavy atom. The van der Waals surface area contributed by atoms with Crippen molar-refractivity contribution in [2.75, 3.05) is 32.6 Å². The first kappa shape index (κ1) is 16.0. The molecular formula is C18H26N4O. The molecule has 1 unspecified atom stereocenters. The number of hydrogen-bond donors (Lipinski definition) is 0. The monoisotopic (exact) mass is 314 g/mol. The number of fused-ring (bicyclic) bond motifs is 1. The molecule has 1 aromatic heterocycles. The second-order valence-electron chi connectivity index (χ2n) is 6.52. The number of ether oxygens (including phenoxy) is 1. The van der Waals surface area contributed by atoms with Gasteiger partial charge in [0.1, 0.15) is 5.82 Å². The molecule has 1 atom stereocenters. The topological polar surface area (TPSA) is 41.5 Å². The smallest absolute Gasteiger partial charge is 0.318 e. The number of hydrogen-bond acceptors (Lipinski definition) is 5. The van der Waals surface area contributed by atoms with Gasteiger partial charge < -0.3 is 9.64 Å². The van der Waals surface area contributed by atoms with Crippen LogP contribution >= 0.6 is 0 Å². The molecule has 3 rings (SSSR count). The van der Waals surface area contributed by atoms with Gasteiger partial charge in [-0.25, -0.2) is 0 Å². The lowest BCUT2D eigenvalue weighted by atomic mass is 9.98. The van der Waals surface area contributed by atoms with Gasteiger partial charge in [0.2, 0.25) is 0 Å². The molecular weight excluding hydrogens is 288 g/mol. The molecule has 5 heteroatoms. The van der Waals surface area contributed by atoms with Gasteiger partial charge in [-0.3, -0.25) is 4.90 Å². The van der Waals surface area contributed by atoms with Gasteiger partial charge in [-0.15, -0.1) is 0 Å². The Hall–Kier alpha value is -1.88. The standard InChI is InChI=1S/C18H26N4O/c1-13-8-5-6-10-16(13)22-11-7-9-14-15(12-22)19-18(23-4)20-17(14)21(2)3/h5-6,8,16H,7,9-12H2,1-4H3. The summed E-state index contributed by atoms with van der Waals surface area (Å²) in [6, 6.07) is 0.944. The van der Waals surface area contributed by atoms with Crippen molar-refractivity contribution in [3.05, 3.63) is 35.1 Å². The molecule has 1 aliphatic carbocycles. The molecule has 2 heterocycles. The summed E-state index contributed by atoms with van der Waals surface area (Å²) in [4.78, 5) is 13.8. The van der Waals surface area contributed by atoms with E-state index in [2.05, 4.69) is 44.9 Å². The molecule has 0 radical (unpaired) electrons. The van der Waals surface area contributed by atoms with Crippen LogP contribution in [0.2, 0.25) is 0 Å². The van der Waals surface area contributed by atoms with E-state index in [-0.39, 0.29) is 0 Å². The highest BCUT2D eigenvalue weighted by molar-refractivity contribution is 5.49. The molecule has 0 saturated heterocycles. The largest absolute Gasteiger partial charge is 0.467 e. The highest BCUT2D eigenvalue weighted by Crippen LogP contribution is 2.30. The number of nitrogens with zero attached hydrogens (tertiary/aromatic N) is 4. The lowest BCUT2D eigenvalue weighted by Crippen LogP contribution is -2.36. The summed E-state index contributed by atoms with van der Waals surface area (Å²) in [5, 5.41) is 0. The zero-order chi connectivity index (χ0) is 16.4. The van der Waals surface area contributed by atoms with Gasteiger partial charge >= 0.3 is 6.01 Å². The fraction of sp³-hybridized carbons (Fsp3) is 0.556. The van der Waals surface area contributed by atoms with E-state index in [0.29, 0.717) is 12.1 Å². The van der Waals surface area contributed by atoms with Crippen molar-refractivity contribution in [1.29, 1.82) is 0 Å². The highest BCUT2D eigenvalue weighted by atomic mass is 16.5. The average molecular weight is 314 g/mol. The van der Waals surface area contributed by atoms with E-state index < -0.39 is 0 Å². The van der Waals surface area contributed by atoms with Gasteiger partial charge in [0, 0.05) is 32.2 Å². The first-order valence-corrected chi connectivity index (χ1v) is 8.28. The van der Waals surface area contributed by atoms with E-state index in [1.165, 1.54) is 11.1 Å². The Kier molecular flexibility index (Phi) is 4.66. The normalized spacial score (nSPS) is 21.4. The summed E-state index contributed by atoms with van der Waals surface area (Å²) in [5.74, 6) is 0.990. The van der Waals surface area contributed by atoms with Gasteiger partial charge in [-0.05, 0) is 32.7 Å². The Bertz CT molecular complexity index is 636. The molecule has 0 N–H and O–H groups in total. The third-order valence-corrected chi connectivity index (χ3v) is 4.70. The third kappa shape index (κ3) is 3.24. The van der Waals surface area contributed by atoms with Crippen LogP contribution in [0.3, 0.4) is 0 Å². The first-order valence-electron chi connectivity index (χ1n) is 8.28. The number of allylic oxidation sites excluding steroid dienone is 2. The van der Waals surface area contributed by atoms with Crippen LogP contribution in [-0.2, 0) is 13.0 Å². The van der Waals surface area contributed by atoms with Crippen molar-refractivity contribution < 1.29 is 4.74 Å². The molecule has 0 bridgehead atoms. The molecule has 23 heavy (non-hydrogen) atoms. The Labute approximate surface area is 138 Å². The minimum Gasteiger partial charge on any atom is -0.467 e. The summed E-state index contributed by atoms with van der Waals surface area (Å²) in [7, 11) is 5.70. The quantitative estimate of drug-likeness (QED) is 0.858. The molecule has 0 saturated carbocycles. The number of aromatic nitrogens is 2. The van der Waals surface area contributed by atoms with Crippen LogP contribution in [0.4, 0.5) is 5.82 Å².